The van der Waals surface area contributed by atoms with Gasteiger partial charge in [0, 0.05) is 18.0 Å². The van der Waals surface area contributed by atoms with Gasteiger partial charge in [-0.2, -0.15) is 0 Å². The Hall–Kier alpha value is -3.42. The van der Waals surface area contributed by atoms with Gasteiger partial charge in [0.25, 0.3) is 5.91 Å². The number of anilines is 2. The van der Waals surface area contributed by atoms with Gasteiger partial charge in [-0.3, -0.25) is 9.78 Å². The summed E-state index contributed by atoms with van der Waals surface area (Å²) in [6.07, 6.45) is 1.67. The molecule has 2 heterocycles. The third-order valence-corrected chi connectivity index (χ3v) is 3.42. The molecule has 0 atom stereocenters. The molecular weight excluding hydrogens is 340 g/mol. The van der Waals surface area contributed by atoms with E-state index in [1.54, 1.807) is 13.1 Å². The van der Waals surface area contributed by atoms with Crippen molar-refractivity contribution in [3.8, 4) is 0 Å². The van der Waals surface area contributed by atoms with Gasteiger partial charge >= 0.3 is 0 Å². The monoisotopic (exact) mass is 355 g/mol. The summed E-state index contributed by atoms with van der Waals surface area (Å²) in [5.41, 5.74) is 1.28. The van der Waals surface area contributed by atoms with E-state index in [-0.39, 0.29) is 17.3 Å². The minimum absolute atomic E-state index is 0.0599. The van der Waals surface area contributed by atoms with Crippen molar-refractivity contribution in [2.75, 3.05) is 10.6 Å². The van der Waals surface area contributed by atoms with Crippen molar-refractivity contribution < 1.29 is 13.6 Å². The molecule has 0 saturated carbocycles. The summed E-state index contributed by atoms with van der Waals surface area (Å²) in [6, 6.07) is 9.89. The van der Waals surface area contributed by atoms with Crippen LogP contribution >= 0.6 is 0 Å². The Balaban J connectivity index is 1.75. The number of carbonyl (C=O) groups excluding carboxylic acids is 1. The maximum Gasteiger partial charge on any atom is 0.274 e. The summed E-state index contributed by atoms with van der Waals surface area (Å²) in [7, 11) is 0. The maximum absolute atomic E-state index is 13.7. The lowest BCUT2D eigenvalue weighted by molar-refractivity contribution is 0.102. The van der Waals surface area contributed by atoms with Crippen molar-refractivity contribution in [1.82, 2.24) is 15.0 Å². The van der Waals surface area contributed by atoms with Crippen LogP contribution in [0.25, 0.3) is 0 Å². The van der Waals surface area contributed by atoms with Crippen molar-refractivity contribution in [3.05, 3.63) is 77.4 Å². The number of aromatic nitrogens is 3. The SMILES string of the molecule is Cc1cc(C(=O)Nc2ccc(F)cc2F)nc(NCc2ccccn2)n1. The average Bonchev–Trinajstić information content (AvgIpc) is 2.63. The Morgan fingerprint density at radius 1 is 1.12 bits per heavy atom. The number of hydrogen-bond acceptors (Lipinski definition) is 5. The first-order valence-electron chi connectivity index (χ1n) is 7.77. The first kappa shape index (κ1) is 17.4. The zero-order valence-electron chi connectivity index (χ0n) is 13.8. The molecule has 0 spiro atoms. The number of benzene rings is 1. The van der Waals surface area contributed by atoms with Crippen LogP contribution in [0.15, 0.2) is 48.7 Å². The highest BCUT2D eigenvalue weighted by Crippen LogP contribution is 2.16. The summed E-state index contributed by atoms with van der Waals surface area (Å²) in [4.78, 5) is 24.9. The van der Waals surface area contributed by atoms with Crippen molar-refractivity contribution in [2.45, 2.75) is 13.5 Å². The summed E-state index contributed by atoms with van der Waals surface area (Å²) < 4.78 is 26.6. The lowest BCUT2D eigenvalue weighted by Gasteiger charge is -2.09. The van der Waals surface area contributed by atoms with Gasteiger partial charge in [-0.05, 0) is 37.3 Å². The van der Waals surface area contributed by atoms with E-state index < -0.39 is 17.5 Å². The van der Waals surface area contributed by atoms with Crippen LogP contribution in [0.5, 0.6) is 0 Å². The average molecular weight is 355 g/mol. The predicted molar refractivity (Wildman–Crippen MR) is 92.6 cm³/mol. The number of carbonyl (C=O) groups is 1. The highest BCUT2D eigenvalue weighted by Gasteiger charge is 2.13. The van der Waals surface area contributed by atoms with Crippen LogP contribution in [0.2, 0.25) is 0 Å². The molecular formula is C18H15F2N5O. The molecule has 0 aliphatic heterocycles. The zero-order chi connectivity index (χ0) is 18.5. The topological polar surface area (TPSA) is 79.8 Å². The van der Waals surface area contributed by atoms with E-state index in [2.05, 4.69) is 25.6 Å². The van der Waals surface area contributed by atoms with E-state index in [4.69, 9.17) is 0 Å². The molecule has 0 saturated heterocycles. The molecule has 26 heavy (non-hydrogen) atoms. The van der Waals surface area contributed by atoms with E-state index in [9.17, 15) is 13.6 Å². The third-order valence-electron chi connectivity index (χ3n) is 3.42. The van der Waals surface area contributed by atoms with Gasteiger partial charge in [0.05, 0.1) is 17.9 Å². The molecule has 0 radical (unpaired) electrons. The summed E-state index contributed by atoms with van der Waals surface area (Å²) in [6.45, 7) is 2.10. The highest BCUT2D eigenvalue weighted by atomic mass is 19.1. The Morgan fingerprint density at radius 2 is 1.96 bits per heavy atom. The molecule has 0 aliphatic carbocycles. The second kappa shape index (κ2) is 7.64. The van der Waals surface area contributed by atoms with Gasteiger partial charge in [0.15, 0.2) is 0 Å². The normalized spacial score (nSPS) is 10.4. The van der Waals surface area contributed by atoms with Crippen LogP contribution in [0.1, 0.15) is 21.9 Å². The number of amides is 1. The van der Waals surface area contributed by atoms with Gasteiger partial charge in [-0.25, -0.2) is 18.7 Å². The summed E-state index contributed by atoms with van der Waals surface area (Å²) in [5, 5.41) is 5.36. The number of rotatable bonds is 5. The number of hydrogen-bond donors (Lipinski definition) is 2. The highest BCUT2D eigenvalue weighted by molar-refractivity contribution is 6.03. The Bertz CT molecular complexity index is 934. The quantitative estimate of drug-likeness (QED) is 0.734. The molecule has 132 valence electrons. The molecule has 0 bridgehead atoms. The van der Waals surface area contributed by atoms with Gasteiger partial charge in [0.2, 0.25) is 5.95 Å². The van der Waals surface area contributed by atoms with Crippen LogP contribution in [-0.4, -0.2) is 20.9 Å². The van der Waals surface area contributed by atoms with Gasteiger partial charge in [-0.15, -0.1) is 0 Å². The molecule has 3 rings (SSSR count). The smallest absolute Gasteiger partial charge is 0.274 e. The van der Waals surface area contributed by atoms with Crippen LogP contribution in [-0.2, 0) is 6.54 Å². The predicted octanol–water partition coefficient (Wildman–Crippen LogP) is 3.32. The minimum atomic E-state index is -0.863. The molecule has 6 nitrogen and oxygen atoms in total. The van der Waals surface area contributed by atoms with Crippen molar-refractivity contribution in [2.24, 2.45) is 0 Å². The number of nitrogens with zero attached hydrogens (tertiary/aromatic N) is 3. The van der Waals surface area contributed by atoms with Crippen LogP contribution in [0.4, 0.5) is 20.4 Å². The van der Waals surface area contributed by atoms with E-state index in [0.717, 1.165) is 17.8 Å². The molecule has 3 aromatic rings. The molecule has 1 aromatic carbocycles. The Morgan fingerprint density at radius 3 is 2.69 bits per heavy atom. The second-order valence-corrected chi connectivity index (χ2v) is 5.47. The first-order valence-corrected chi connectivity index (χ1v) is 7.77. The largest absolute Gasteiger partial charge is 0.349 e. The van der Waals surface area contributed by atoms with Crippen LogP contribution in [0, 0.1) is 18.6 Å². The first-order chi connectivity index (χ1) is 12.5. The fourth-order valence-electron chi connectivity index (χ4n) is 2.21. The lowest BCUT2D eigenvalue weighted by Crippen LogP contribution is -2.17. The minimum Gasteiger partial charge on any atom is -0.349 e. The molecule has 2 aromatic heterocycles. The summed E-state index contributed by atoms with van der Waals surface area (Å²) in [5.74, 6) is -1.96. The van der Waals surface area contributed by atoms with E-state index >= 15 is 0 Å². The van der Waals surface area contributed by atoms with Crippen molar-refractivity contribution >= 4 is 17.5 Å². The molecule has 2 N–H and O–H groups in total. The van der Waals surface area contributed by atoms with Gasteiger partial charge < -0.3 is 10.6 Å². The summed E-state index contributed by atoms with van der Waals surface area (Å²) >= 11 is 0. The molecule has 0 fully saturated rings. The van der Waals surface area contributed by atoms with E-state index in [1.807, 2.05) is 18.2 Å². The van der Waals surface area contributed by atoms with Crippen molar-refractivity contribution in [3.63, 3.8) is 0 Å². The Labute approximate surface area is 148 Å². The van der Waals surface area contributed by atoms with Crippen LogP contribution < -0.4 is 10.6 Å². The number of halogens is 2. The molecule has 0 aliphatic rings. The zero-order valence-corrected chi connectivity index (χ0v) is 13.8. The number of aryl methyl sites for hydroxylation is 1. The van der Waals surface area contributed by atoms with Gasteiger partial charge in [0.1, 0.15) is 17.3 Å². The number of nitrogens with one attached hydrogen (secondary N) is 2. The second-order valence-electron chi connectivity index (χ2n) is 5.47. The molecule has 0 unspecified atom stereocenters. The third kappa shape index (κ3) is 4.35. The standard InChI is InChI=1S/C18H15F2N5O/c1-11-8-16(17(26)24-15-6-5-12(19)9-14(15)20)25-18(23-11)22-10-13-4-2-3-7-21-13/h2-9H,10H2,1H3,(H,24,26)(H,22,23,25). The van der Waals surface area contributed by atoms with E-state index in [0.29, 0.717) is 18.3 Å². The Kier molecular flexibility index (Phi) is 5.12. The fraction of sp³-hybridized carbons (Fsp3) is 0.111. The number of pyridine rings is 1. The maximum atomic E-state index is 13.7. The molecule has 1 amide bonds. The fourth-order valence-corrected chi connectivity index (χ4v) is 2.21. The lowest BCUT2D eigenvalue weighted by atomic mass is 10.2. The van der Waals surface area contributed by atoms with Crippen molar-refractivity contribution in [1.29, 1.82) is 0 Å². The van der Waals surface area contributed by atoms with Crippen LogP contribution in [0.3, 0.4) is 0 Å². The molecule has 8 heteroatoms. The van der Waals surface area contributed by atoms with Gasteiger partial charge in [-0.1, -0.05) is 6.07 Å². The van der Waals surface area contributed by atoms with E-state index in [1.165, 1.54) is 6.07 Å².